The van der Waals surface area contributed by atoms with Crippen LogP contribution in [-0.2, 0) is 4.74 Å². The Bertz CT molecular complexity index is 371. The Labute approximate surface area is 87.5 Å². The summed E-state index contributed by atoms with van der Waals surface area (Å²) in [6.07, 6.45) is 0. The van der Waals surface area contributed by atoms with E-state index in [1.165, 1.54) is 0 Å². The fraction of sp³-hybridized carbons (Fsp3) is 0.556. The second-order valence-corrected chi connectivity index (χ2v) is 3.54. The summed E-state index contributed by atoms with van der Waals surface area (Å²) >= 11 is 4.92. The molecule has 0 amide bonds. The van der Waals surface area contributed by atoms with Gasteiger partial charge in [0, 0.05) is 19.2 Å². The third kappa shape index (κ3) is 2.10. The van der Waals surface area contributed by atoms with E-state index in [-0.39, 0.29) is 0 Å². The van der Waals surface area contributed by atoms with Gasteiger partial charge < -0.3 is 14.1 Å². The molecule has 0 N–H and O–H groups in total. The summed E-state index contributed by atoms with van der Waals surface area (Å²) < 4.78 is 10.4. The van der Waals surface area contributed by atoms with Gasteiger partial charge in [-0.1, -0.05) is 0 Å². The van der Waals surface area contributed by atoms with Crippen LogP contribution in [0.3, 0.4) is 0 Å². The van der Waals surface area contributed by atoms with E-state index in [4.69, 9.17) is 21.4 Å². The predicted molar refractivity (Wildman–Crippen MR) is 55.1 cm³/mol. The van der Waals surface area contributed by atoms with Crippen LogP contribution < -0.4 is 4.90 Å². The molecule has 0 aromatic carbocycles. The molecule has 0 bridgehead atoms. The van der Waals surface area contributed by atoms with E-state index < -0.39 is 0 Å². The monoisotopic (exact) mass is 212 g/mol. The maximum absolute atomic E-state index is 5.26. The third-order valence-electron chi connectivity index (χ3n) is 2.12. The van der Waals surface area contributed by atoms with Crippen LogP contribution in [-0.4, -0.2) is 31.3 Å². The molecule has 1 aromatic heterocycles. The van der Waals surface area contributed by atoms with Crippen molar-refractivity contribution in [2.75, 3.05) is 31.2 Å². The number of anilines is 1. The molecular weight excluding hydrogens is 200 g/mol. The highest BCUT2D eigenvalue weighted by Crippen LogP contribution is 2.14. The molecule has 0 unspecified atom stereocenters. The lowest BCUT2D eigenvalue weighted by molar-refractivity contribution is 0.122. The predicted octanol–water partition coefficient (Wildman–Crippen LogP) is 1.55. The van der Waals surface area contributed by atoms with E-state index in [1.54, 1.807) is 0 Å². The molecule has 5 heteroatoms. The summed E-state index contributed by atoms with van der Waals surface area (Å²) in [6, 6.07) is 1.90. The zero-order valence-corrected chi connectivity index (χ0v) is 8.84. The number of morpholine rings is 1. The molecule has 0 saturated carbocycles. The molecule has 0 spiro atoms. The number of nitrogens with zero attached hydrogens (tertiary/aromatic N) is 2. The fourth-order valence-corrected chi connectivity index (χ4v) is 1.68. The number of rotatable bonds is 1. The average molecular weight is 212 g/mol. The largest absolute Gasteiger partial charge is 0.435 e. The first kappa shape index (κ1) is 9.61. The Morgan fingerprint density at radius 3 is 2.79 bits per heavy atom. The quantitative estimate of drug-likeness (QED) is 0.660. The van der Waals surface area contributed by atoms with E-state index >= 15 is 0 Å². The molecule has 2 rings (SSSR count). The lowest BCUT2D eigenvalue weighted by Crippen LogP contribution is -2.36. The fourth-order valence-electron chi connectivity index (χ4n) is 1.45. The highest BCUT2D eigenvalue weighted by Gasteiger charge is 2.12. The van der Waals surface area contributed by atoms with Gasteiger partial charge in [0.15, 0.2) is 0 Å². The Morgan fingerprint density at radius 1 is 1.43 bits per heavy atom. The molecule has 1 saturated heterocycles. The highest BCUT2D eigenvalue weighted by molar-refractivity contribution is 7.71. The van der Waals surface area contributed by atoms with Gasteiger partial charge in [-0.15, -0.1) is 0 Å². The van der Waals surface area contributed by atoms with Gasteiger partial charge in [0.2, 0.25) is 0 Å². The molecule has 14 heavy (non-hydrogen) atoms. The van der Waals surface area contributed by atoms with Crippen molar-refractivity contribution in [3.05, 3.63) is 16.7 Å². The average Bonchev–Trinajstić information content (AvgIpc) is 2.18. The minimum atomic E-state index is 0.298. The van der Waals surface area contributed by atoms with E-state index in [2.05, 4.69) is 9.88 Å². The highest BCUT2D eigenvalue weighted by atomic mass is 32.1. The minimum absolute atomic E-state index is 0.298. The standard InChI is InChI=1S/C9H12N2O2S/c1-7-6-8(10-9(14)13-7)11-2-4-12-5-3-11/h6H,2-5H2,1H3. The van der Waals surface area contributed by atoms with Crippen molar-refractivity contribution in [2.24, 2.45) is 0 Å². The van der Waals surface area contributed by atoms with Gasteiger partial charge in [0.1, 0.15) is 11.6 Å². The molecular formula is C9H12N2O2S. The Hall–Kier alpha value is -0.940. The molecule has 1 aliphatic rings. The second-order valence-electron chi connectivity index (χ2n) is 3.19. The Balaban J connectivity index is 2.26. The van der Waals surface area contributed by atoms with Crippen LogP contribution in [0.15, 0.2) is 10.5 Å². The Kier molecular flexibility index (Phi) is 2.79. The van der Waals surface area contributed by atoms with Gasteiger partial charge in [-0.25, -0.2) is 0 Å². The van der Waals surface area contributed by atoms with Gasteiger partial charge in [-0.3, -0.25) is 0 Å². The van der Waals surface area contributed by atoms with Crippen molar-refractivity contribution in [2.45, 2.75) is 6.92 Å². The van der Waals surface area contributed by atoms with E-state index in [1.807, 2.05) is 13.0 Å². The topological polar surface area (TPSA) is 38.5 Å². The molecule has 4 nitrogen and oxygen atoms in total. The first-order chi connectivity index (χ1) is 6.75. The number of hydrogen-bond donors (Lipinski definition) is 0. The van der Waals surface area contributed by atoms with Crippen LogP contribution >= 0.6 is 12.2 Å². The van der Waals surface area contributed by atoms with Crippen molar-refractivity contribution in [3.63, 3.8) is 0 Å². The molecule has 1 aromatic rings. The summed E-state index contributed by atoms with van der Waals surface area (Å²) in [6.45, 7) is 5.11. The van der Waals surface area contributed by atoms with Crippen LogP contribution in [0.25, 0.3) is 0 Å². The molecule has 1 aliphatic heterocycles. The van der Waals surface area contributed by atoms with Crippen molar-refractivity contribution >= 4 is 18.0 Å². The number of hydrogen-bond acceptors (Lipinski definition) is 5. The smallest absolute Gasteiger partial charge is 0.290 e. The zero-order valence-electron chi connectivity index (χ0n) is 8.02. The van der Waals surface area contributed by atoms with Crippen molar-refractivity contribution in [1.82, 2.24) is 4.98 Å². The van der Waals surface area contributed by atoms with Gasteiger partial charge in [-0.2, -0.15) is 4.98 Å². The van der Waals surface area contributed by atoms with Crippen LogP contribution in [0, 0.1) is 11.8 Å². The van der Waals surface area contributed by atoms with Gasteiger partial charge >= 0.3 is 0 Å². The van der Waals surface area contributed by atoms with Gasteiger partial charge in [0.05, 0.1) is 13.2 Å². The first-order valence-corrected chi connectivity index (χ1v) is 4.98. The molecule has 0 radical (unpaired) electrons. The van der Waals surface area contributed by atoms with E-state index in [0.717, 1.165) is 37.9 Å². The normalized spacial score (nSPS) is 17.1. The van der Waals surface area contributed by atoms with Crippen molar-refractivity contribution in [1.29, 1.82) is 0 Å². The number of aromatic nitrogens is 1. The van der Waals surface area contributed by atoms with Crippen molar-refractivity contribution < 1.29 is 9.15 Å². The van der Waals surface area contributed by atoms with Crippen LogP contribution in [0.4, 0.5) is 5.82 Å². The molecule has 1 fully saturated rings. The SMILES string of the molecule is Cc1cc(N2CCOCC2)nc(=S)o1. The minimum Gasteiger partial charge on any atom is -0.435 e. The lowest BCUT2D eigenvalue weighted by atomic mass is 10.4. The number of ether oxygens (including phenoxy) is 1. The maximum Gasteiger partial charge on any atom is 0.290 e. The first-order valence-electron chi connectivity index (χ1n) is 4.57. The second kappa shape index (κ2) is 4.06. The van der Waals surface area contributed by atoms with Crippen LogP contribution in [0.1, 0.15) is 5.76 Å². The van der Waals surface area contributed by atoms with Crippen LogP contribution in [0.5, 0.6) is 0 Å². The third-order valence-corrected chi connectivity index (χ3v) is 2.30. The van der Waals surface area contributed by atoms with Crippen LogP contribution in [0.2, 0.25) is 0 Å². The van der Waals surface area contributed by atoms with Gasteiger partial charge in [-0.05, 0) is 19.1 Å². The maximum atomic E-state index is 5.26. The summed E-state index contributed by atoms with van der Waals surface area (Å²) in [5.41, 5.74) is 0. The summed E-state index contributed by atoms with van der Waals surface area (Å²) in [5.74, 6) is 1.69. The zero-order chi connectivity index (χ0) is 9.97. The summed E-state index contributed by atoms with van der Waals surface area (Å²) in [4.78, 5) is 6.63. The molecule has 76 valence electrons. The van der Waals surface area contributed by atoms with Crippen molar-refractivity contribution in [3.8, 4) is 0 Å². The van der Waals surface area contributed by atoms with Gasteiger partial charge in [0.25, 0.3) is 4.84 Å². The summed E-state index contributed by atoms with van der Waals surface area (Å²) in [5, 5.41) is 0. The Morgan fingerprint density at radius 2 is 2.14 bits per heavy atom. The molecule has 2 heterocycles. The number of aryl methyl sites for hydroxylation is 1. The molecule has 0 atom stereocenters. The van der Waals surface area contributed by atoms with E-state index in [0.29, 0.717) is 4.84 Å². The summed E-state index contributed by atoms with van der Waals surface area (Å²) in [7, 11) is 0. The molecule has 0 aliphatic carbocycles. The van der Waals surface area contributed by atoms with E-state index in [9.17, 15) is 0 Å². The lowest BCUT2D eigenvalue weighted by Gasteiger charge is -2.27.